The van der Waals surface area contributed by atoms with Crippen molar-refractivity contribution in [2.24, 2.45) is 0 Å². The molecule has 0 radical (unpaired) electrons. The molecule has 126 valence electrons. The highest BCUT2D eigenvalue weighted by Gasteiger charge is 2.26. The maximum absolute atomic E-state index is 12.6. The van der Waals surface area contributed by atoms with Crippen LogP contribution in [0, 0.1) is 6.92 Å². The van der Waals surface area contributed by atoms with Crippen molar-refractivity contribution in [3.63, 3.8) is 0 Å². The summed E-state index contributed by atoms with van der Waals surface area (Å²) in [5, 5.41) is 0. The molecule has 4 heteroatoms. The molecule has 0 spiro atoms. The first kappa shape index (κ1) is 15.5. The largest absolute Gasteiger partial charge is 0.336 e. The van der Waals surface area contributed by atoms with Crippen LogP contribution in [0.15, 0.2) is 30.3 Å². The number of carbonyl (C=O) groups excluding carboxylic acids is 1. The Hall–Kier alpha value is -2.07. The molecule has 2 aliphatic rings. The van der Waals surface area contributed by atoms with Crippen molar-refractivity contribution < 1.29 is 4.79 Å². The van der Waals surface area contributed by atoms with Crippen LogP contribution in [0.25, 0.3) is 5.69 Å². The van der Waals surface area contributed by atoms with Gasteiger partial charge in [0.2, 0.25) is 0 Å². The highest BCUT2D eigenvalue weighted by atomic mass is 16.2. The van der Waals surface area contributed by atoms with Gasteiger partial charge in [-0.2, -0.15) is 0 Å². The molecular weight excluding hydrogens is 298 g/mol. The molecule has 1 fully saturated rings. The lowest BCUT2D eigenvalue weighted by Crippen LogP contribution is -2.29. The average Bonchev–Trinajstić information content (AvgIpc) is 2.84. The third-order valence-electron chi connectivity index (χ3n) is 5.39. The van der Waals surface area contributed by atoms with Gasteiger partial charge in [0.1, 0.15) is 0 Å². The van der Waals surface area contributed by atoms with Gasteiger partial charge < -0.3 is 9.47 Å². The fourth-order valence-electron chi connectivity index (χ4n) is 4.07. The van der Waals surface area contributed by atoms with E-state index in [1.807, 2.05) is 30.1 Å². The number of aromatic nitrogens is 1. The quantitative estimate of drug-likeness (QED) is 0.848. The fourth-order valence-corrected chi connectivity index (χ4v) is 4.07. The summed E-state index contributed by atoms with van der Waals surface area (Å²) in [6.07, 6.45) is 3.99. The second-order valence-corrected chi connectivity index (χ2v) is 7.10. The maximum Gasteiger partial charge on any atom is 0.256 e. The third-order valence-corrected chi connectivity index (χ3v) is 5.39. The van der Waals surface area contributed by atoms with Gasteiger partial charge in [0.15, 0.2) is 0 Å². The van der Waals surface area contributed by atoms with E-state index in [0.717, 1.165) is 17.8 Å². The number of amides is 1. The van der Waals surface area contributed by atoms with Gasteiger partial charge in [0.05, 0.1) is 17.8 Å². The van der Waals surface area contributed by atoms with E-state index in [4.69, 9.17) is 0 Å². The smallest absolute Gasteiger partial charge is 0.256 e. The van der Waals surface area contributed by atoms with Crippen LogP contribution in [0.3, 0.4) is 0 Å². The van der Waals surface area contributed by atoms with Crippen LogP contribution in [0.4, 0.5) is 0 Å². The van der Waals surface area contributed by atoms with Crippen LogP contribution in [-0.4, -0.2) is 40.4 Å². The van der Waals surface area contributed by atoms with E-state index >= 15 is 0 Å². The van der Waals surface area contributed by atoms with Crippen molar-refractivity contribution in [3.05, 3.63) is 52.8 Å². The second-order valence-electron chi connectivity index (χ2n) is 7.10. The van der Waals surface area contributed by atoms with Crippen molar-refractivity contribution in [1.29, 1.82) is 0 Å². The summed E-state index contributed by atoms with van der Waals surface area (Å²) >= 11 is 0. The predicted molar refractivity (Wildman–Crippen MR) is 95.4 cm³/mol. The summed E-state index contributed by atoms with van der Waals surface area (Å²) in [4.78, 5) is 17.0. The van der Waals surface area contributed by atoms with Crippen molar-refractivity contribution >= 4 is 5.91 Å². The maximum atomic E-state index is 12.6. The highest BCUT2D eigenvalue weighted by molar-refractivity contribution is 5.98. The molecule has 0 bridgehead atoms. The van der Waals surface area contributed by atoms with Crippen molar-refractivity contribution in [1.82, 2.24) is 14.4 Å². The minimum absolute atomic E-state index is 0.103. The standard InChI is InChI=1S/C20H25N3O/c1-15-16(13-22-10-6-3-7-11-22)12-17-14-21(2)20(24)18-8-4-5-9-19(18)23(15)17/h4-5,8-9,12H,3,6-7,10-11,13-14H2,1-2H3. The van der Waals surface area contributed by atoms with E-state index in [-0.39, 0.29) is 5.91 Å². The number of para-hydroxylation sites is 1. The molecule has 4 nitrogen and oxygen atoms in total. The molecule has 1 aromatic heterocycles. The van der Waals surface area contributed by atoms with Crippen LogP contribution >= 0.6 is 0 Å². The van der Waals surface area contributed by atoms with Crippen LogP contribution in [0.1, 0.15) is 46.6 Å². The molecule has 1 saturated heterocycles. The Bertz CT molecular complexity index is 771. The Labute approximate surface area is 143 Å². The highest BCUT2D eigenvalue weighted by Crippen LogP contribution is 2.29. The number of fused-ring (bicyclic) bond motifs is 3. The van der Waals surface area contributed by atoms with Gasteiger partial charge in [-0.15, -0.1) is 0 Å². The number of hydrogen-bond donors (Lipinski definition) is 0. The van der Waals surface area contributed by atoms with Gasteiger partial charge in [0, 0.05) is 25.0 Å². The zero-order valence-electron chi connectivity index (χ0n) is 14.6. The molecule has 1 aromatic carbocycles. The van der Waals surface area contributed by atoms with Gasteiger partial charge in [-0.25, -0.2) is 0 Å². The van der Waals surface area contributed by atoms with E-state index in [9.17, 15) is 4.79 Å². The van der Waals surface area contributed by atoms with Gasteiger partial charge in [-0.3, -0.25) is 9.69 Å². The normalized spacial score (nSPS) is 18.2. The number of hydrogen-bond acceptors (Lipinski definition) is 2. The van der Waals surface area contributed by atoms with Gasteiger partial charge in [-0.1, -0.05) is 18.6 Å². The SMILES string of the molecule is Cc1c(CN2CCCCC2)cc2n1-c1ccccc1C(=O)N(C)C2. The Morgan fingerprint density at radius 1 is 1.08 bits per heavy atom. The Kier molecular flexibility index (Phi) is 3.93. The lowest BCUT2D eigenvalue weighted by molar-refractivity contribution is 0.0788. The summed E-state index contributed by atoms with van der Waals surface area (Å²) in [6, 6.07) is 10.3. The molecule has 0 unspecified atom stereocenters. The molecule has 0 atom stereocenters. The predicted octanol–water partition coefficient (Wildman–Crippen LogP) is 3.36. The van der Waals surface area contributed by atoms with Gasteiger partial charge in [-0.05, 0) is 56.6 Å². The number of rotatable bonds is 2. The van der Waals surface area contributed by atoms with E-state index < -0.39 is 0 Å². The third kappa shape index (κ3) is 2.55. The first-order valence-electron chi connectivity index (χ1n) is 8.92. The lowest BCUT2D eigenvalue weighted by Gasteiger charge is -2.26. The zero-order valence-corrected chi connectivity index (χ0v) is 14.6. The fraction of sp³-hybridized carbons (Fsp3) is 0.450. The molecule has 3 heterocycles. The number of likely N-dealkylation sites (tertiary alicyclic amines) is 1. The first-order chi connectivity index (χ1) is 11.6. The molecule has 0 saturated carbocycles. The van der Waals surface area contributed by atoms with E-state index in [0.29, 0.717) is 6.54 Å². The minimum Gasteiger partial charge on any atom is -0.336 e. The lowest BCUT2D eigenvalue weighted by atomic mass is 10.1. The molecule has 0 aliphatic carbocycles. The summed E-state index contributed by atoms with van der Waals surface area (Å²) in [5.74, 6) is 0.103. The summed E-state index contributed by atoms with van der Waals surface area (Å²) < 4.78 is 2.29. The van der Waals surface area contributed by atoms with Gasteiger partial charge in [0.25, 0.3) is 5.91 Å². The van der Waals surface area contributed by atoms with Crippen LogP contribution in [0.2, 0.25) is 0 Å². The van der Waals surface area contributed by atoms with Crippen molar-refractivity contribution in [2.45, 2.75) is 39.3 Å². The van der Waals surface area contributed by atoms with Crippen LogP contribution in [0.5, 0.6) is 0 Å². The average molecular weight is 323 g/mol. The number of piperidine rings is 1. The van der Waals surface area contributed by atoms with E-state index in [2.05, 4.69) is 28.5 Å². The number of nitrogens with zero attached hydrogens (tertiary/aromatic N) is 3. The summed E-state index contributed by atoms with van der Waals surface area (Å²) in [6.45, 7) is 6.28. The molecule has 4 rings (SSSR count). The summed E-state index contributed by atoms with van der Waals surface area (Å²) in [7, 11) is 1.89. The molecule has 1 amide bonds. The second kappa shape index (κ2) is 6.10. The Balaban J connectivity index is 1.77. The van der Waals surface area contributed by atoms with Crippen molar-refractivity contribution in [3.8, 4) is 5.69 Å². The Morgan fingerprint density at radius 2 is 1.83 bits per heavy atom. The number of benzene rings is 1. The van der Waals surface area contributed by atoms with Crippen LogP contribution in [-0.2, 0) is 13.1 Å². The first-order valence-corrected chi connectivity index (χ1v) is 8.92. The molecular formula is C20H25N3O. The summed E-state index contributed by atoms with van der Waals surface area (Å²) in [5.41, 5.74) is 5.68. The van der Waals surface area contributed by atoms with Crippen molar-refractivity contribution in [2.75, 3.05) is 20.1 Å². The van der Waals surface area contributed by atoms with E-state index in [1.54, 1.807) is 0 Å². The molecule has 2 aromatic rings. The van der Waals surface area contributed by atoms with Gasteiger partial charge >= 0.3 is 0 Å². The Morgan fingerprint density at radius 3 is 2.62 bits per heavy atom. The monoisotopic (exact) mass is 323 g/mol. The molecule has 0 N–H and O–H groups in total. The zero-order chi connectivity index (χ0) is 16.7. The number of carbonyl (C=O) groups is 1. The topological polar surface area (TPSA) is 28.5 Å². The minimum atomic E-state index is 0.103. The molecule has 2 aliphatic heterocycles. The van der Waals surface area contributed by atoms with E-state index in [1.165, 1.54) is 49.3 Å². The molecule has 24 heavy (non-hydrogen) atoms. The van der Waals surface area contributed by atoms with Crippen LogP contribution < -0.4 is 0 Å².